The van der Waals surface area contributed by atoms with Crippen molar-refractivity contribution in [2.75, 3.05) is 0 Å². The van der Waals surface area contributed by atoms with E-state index >= 15 is 0 Å². The molecule has 0 aromatic heterocycles. The van der Waals surface area contributed by atoms with Crippen molar-refractivity contribution >= 4 is 11.7 Å². The number of carbonyl (C=O) groups is 1. The number of carboxylic acid groups (broad SMARTS) is 1. The van der Waals surface area contributed by atoms with Crippen LogP contribution in [0.4, 0.5) is 13.2 Å². The molecule has 22 heavy (non-hydrogen) atoms. The third-order valence-corrected chi connectivity index (χ3v) is 3.53. The van der Waals surface area contributed by atoms with Crippen molar-refractivity contribution < 1.29 is 27.9 Å². The van der Waals surface area contributed by atoms with Crippen molar-refractivity contribution in [2.45, 2.75) is 38.3 Å². The van der Waals surface area contributed by atoms with Crippen LogP contribution in [0, 0.1) is 5.92 Å². The minimum Gasteiger partial charge on any atom is -0.481 e. The van der Waals surface area contributed by atoms with Crippen LogP contribution in [0.2, 0.25) is 0 Å². The van der Waals surface area contributed by atoms with Gasteiger partial charge in [-0.25, -0.2) is 0 Å². The summed E-state index contributed by atoms with van der Waals surface area (Å²) < 4.78 is 38.5. The lowest BCUT2D eigenvalue weighted by molar-refractivity contribution is -0.139. The van der Waals surface area contributed by atoms with Gasteiger partial charge in [0.1, 0.15) is 5.56 Å². The molecule has 0 radical (unpaired) electrons. The molecule has 1 N–H and O–H groups in total. The molecule has 1 aliphatic carbocycles. The molecule has 1 fully saturated rings. The molecule has 0 bridgehead atoms. The van der Waals surface area contributed by atoms with Gasteiger partial charge in [-0.15, -0.1) is 0 Å². The minimum atomic E-state index is -4.50. The Morgan fingerprint density at radius 1 is 1.36 bits per heavy atom. The third-order valence-electron chi connectivity index (χ3n) is 3.53. The molecule has 1 aromatic carbocycles. The molecule has 0 amide bonds. The lowest BCUT2D eigenvalue weighted by Gasteiger charge is -2.21. The summed E-state index contributed by atoms with van der Waals surface area (Å²) in [5.74, 6) is -1.26. The van der Waals surface area contributed by atoms with Crippen molar-refractivity contribution in [1.29, 1.82) is 0 Å². The van der Waals surface area contributed by atoms with Crippen LogP contribution in [0.1, 0.15) is 37.7 Å². The van der Waals surface area contributed by atoms with E-state index in [0.717, 1.165) is 18.9 Å². The summed E-state index contributed by atoms with van der Waals surface area (Å²) in [6, 6.07) is 4.87. The van der Waals surface area contributed by atoms with Gasteiger partial charge in [-0.2, -0.15) is 13.2 Å². The van der Waals surface area contributed by atoms with Gasteiger partial charge < -0.3 is 9.94 Å². The van der Waals surface area contributed by atoms with E-state index in [1.807, 2.05) is 0 Å². The second-order valence-corrected chi connectivity index (χ2v) is 5.30. The summed E-state index contributed by atoms with van der Waals surface area (Å²) in [6.07, 6.45) is -1.86. The lowest BCUT2D eigenvalue weighted by atomic mass is 9.86. The summed E-state index contributed by atoms with van der Waals surface area (Å²) in [5, 5.41) is 12.6. The Hall–Kier alpha value is -2.05. The van der Waals surface area contributed by atoms with Gasteiger partial charge in [0.15, 0.2) is 5.75 Å². The van der Waals surface area contributed by atoms with Crippen molar-refractivity contribution in [3.8, 4) is 5.75 Å². The van der Waals surface area contributed by atoms with E-state index in [2.05, 4.69) is 5.16 Å². The van der Waals surface area contributed by atoms with Crippen LogP contribution in [-0.2, 0) is 11.0 Å². The van der Waals surface area contributed by atoms with E-state index in [0.29, 0.717) is 18.6 Å². The Bertz CT molecular complexity index is 569. The number of aliphatic carboxylic acids is 1. The van der Waals surface area contributed by atoms with Crippen molar-refractivity contribution in [1.82, 2.24) is 0 Å². The van der Waals surface area contributed by atoms with Crippen LogP contribution in [0.3, 0.4) is 0 Å². The summed E-state index contributed by atoms with van der Waals surface area (Å²) in [5.41, 5.74) is -0.272. The molecule has 0 heterocycles. The third kappa shape index (κ3) is 4.47. The molecule has 2 rings (SSSR count). The molecular weight excluding hydrogens is 299 g/mol. The largest absolute Gasteiger partial charge is 0.481 e. The Morgan fingerprint density at radius 3 is 2.77 bits per heavy atom. The van der Waals surface area contributed by atoms with E-state index in [1.165, 1.54) is 18.2 Å². The first-order valence-corrected chi connectivity index (χ1v) is 6.97. The molecule has 0 aliphatic heterocycles. The second kappa shape index (κ2) is 6.81. The SMILES string of the molecule is O=C(O)CC1CCC/C(=N\Oc2ccccc2C(F)(F)F)C1. The molecule has 0 spiro atoms. The average Bonchev–Trinajstić information content (AvgIpc) is 2.44. The molecule has 4 nitrogen and oxygen atoms in total. The first kappa shape index (κ1) is 16.3. The molecule has 0 saturated heterocycles. The monoisotopic (exact) mass is 315 g/mol. The smallest absolute Gasteiger partial charge is 0.420 e. The zero-order valence-electron chi connectivity index (χ0n) is 11.8. The number of carboxylic acids is 1. The molecule has 7 heteroatoms. The van der Waals surface area contributed by atoms with E-state index in [-0.39, 0.29) is 18.1 Å². The Kier molecular flexibility index (Phi) is 5.05. The van der Waals surface area contributed by atoms with Crippen molar-refractivity contribution in [3.63, 3.8) is 0 Å². The van der Waals surface area contributed by atoms with E-state index in [1.54, 1.807) is 0 Å². The molecule has 1 unspecified atom stereocenters. The van der Waals surface area contributed by atoms with Crippen LogP contribution in [0.15, 0.2) is 29.4 Å². The number of para-hydroxylation sites is 1. The Balaban J connectivity index is 2.07. The van der Waals surface area contributed by atoms with Crippen LogP contribution < -0.4 is 4.84 Å². The molecule has 1 aromatic rings. The minimum absolute atomic E-state index is 0.0357. The summed E-state index contributed by atoms with van der Waals surface area (Å²) in [4.78, 5) is 15.7. The fraction of sp³-hybridized carbons (Fsp3) is 0.467. The normalized spacial score (nSPS) is 20.9. The zero-order valence-corrected chi connectivity index (χ0v) is 11.8. The highest BCUT2D eigenvalue weighted by Gasteiger charge is 2.34. The quantitative estimate of drug-likeness (QED) is 0.851. The predicted molar refractivity (Wildman–Crippen MR) is 73.7 cm³/mol. The first-order valence-electron chi connectivity index (χ1n) is 6.97. The number of hydrogen-bond acceptors (Lipinski definition) is 3. The Labute approximate surface area is 125 Å². The van der Waals surface area contributed by atoms with Crippen molar-refractivity contribution in [3.05, 3.63) is 29.8 Å². The molecule has 1 atom stereocenters. The van der Waals surface area contributed by atoms with Gasteiger partial charge in [-0.3, -0.25) is 4.79 Å². The number of alkyl halides is 3. The fourth-order valence-electron chi connectivity index (χ4n) is 2.53. The van der Waals surface area contributed by atoms with Crippen LogP contribution in [0.5, 0.6) is 5.75 Å². The highest BCUT2D eigenvalue weighted by atomic mass is 19.4. The van der Waals surface area contributed by atoms with Gasteiger partial charge in [-0.05, 0) is 43.7 Å². The highest BCUT2D eigenvalue weighted by molar-refractivity contribution is 5.85. The maximum atomic E-state index is 12.8. The average molecular weight is 315 g/mol. The maximum Gasteiger partial charge on any atom is 0.420 e. The Morgan fingerprint density at radius 2 is 2.09 bits per heavy atom. The first-order chi connectivity index (χ1) is 10.4. The highest BCUT2D eigenvalue weighted by Crippen LogP contribution is 2.36. The van der Waals surface area contributed by atoms with Crippen LogP contribution in [-0.4, -0.2) is 16.8 Å². The summed E-state index contributed by atoms with van der Waals surface area (Å²) in [7, 11) is 0. The number of nitrogens with zero attached hydrogens (tertiary/aromatic N) is 1. The van der Waals surface area contributed by atoms with Crippen LogP contribution in [0.25, 0.3) is 0 Å². The lowest BCUT2D eigenvalue weighted by Crippen LogP contribution is -2.19. The van der Waals surface area contributed by atoms with Gasteiger partial charge in [-0.1, -0.05) is 17.3 Å². The molecule has 1 saturated carbocycles. The van der Waals surface area contributed by atoms with Gasteiger partial charge in [0.25, 0.3) is 0 Å². The maximum absolute atomic E-state index is 12.8. The van der Waals surface area contributed by atoms with E-state index in [9.17, 15) is 18.0 Å². The molecular formula is C15H16F3NO3. The van der Waals surface area contributed by atoms with E-state index < -0.39 is 17.7 Å². The second-order valence-electron chi connectivity index (χ2n) is 5.30. The summed E-state index contributed by atoms with van der Waals surface area (Å²) >= 11 is 0. The number of halogens is 3. The van der Waals surface area contributed by atoms with Gasteiger partial charge >= 0.3 is 12.1 Å². The fourth-order valence-corrected chi connectivity index (χ4v) is 2.53. The number of hydrogen-bond donors (Lipinski definition) is 1. The van der Waals surface area contributed by atoms with Crippen molar-refractivity contribution in [2.24, 2.45) is 11.1 Å². The van der Waals surface area contributed by atoms with Gasteiger partial charge in [0.2, 0.25) is 0 Å². The topological polar surface area (TPSA) is 58.9 Å². The molecule has 1 aliphatic rings. The number of oxime groups is 1. The summed E-state index contributed by atoms with van der Waals surface area (Å²) in [6.45, 7) is 0. The number of benzene rings is 1. The van der Waals surface area contributed by atoms with Gasteiger partial charge in [0.05, 0.1) is 5.71 Å². The zero-order chi connectivity index (χ0) is 16.2. The van der Waals surface area contributed by atoms with Gasteiger partial charge in [0, 0.05) is 6.42 Å². The molecule has 120 valence electrons. The van der Waals surface area contributed by atoms with Crippen LogP contribution >= 0.6 is 0 Å². The number of rotatable bonds is 4. The predicted octanol–water partition coefficient (Wildman–Crippen LogP) is 4.11. The van der Waals surface area contributed by atoms with E-state index in [4.69, 9.17) is 9.94 Å². The standard InChI is InChI=1S/C15H16F3NO3/c16-15(17,18)12-6-1-2-7-13(12)22-19-11-5-3-4-10(8-11)9-14(20)21/h1-2,6-7,10H,3-5,8-9H2,(H,20,21)/b19-11+.